The molecule has 106 valence electrons. The summed E-state index contributed by atoms with van der Waals surface area (Å²) in [5.74, 6) is -0.0229. The van der Waals surface area contributed by atoms with E-state index in [0.717, 1.165) is 25.7 Å². The Bertz CT molecular complexity index is 259. The fourth-order valence-electron chi connectivity index (χ4n) is 2.40. The van der Waals surface area contributed by atoms with Gasteiger partial charge in [-0.15, -0.1) is 0 Å². The molecule has 0 spiro atoms. The summed E-state index contributed by atoms with van der Waals surface area (Å²) in [7, 11) is 0. The van der Waals surface area contributed by atoms with Crippen LogP contribution in [0.15, 0.2) is 0 Å². The lowest BCUT2D eigenvalue weighted by atomic mass is 10.0. The molecule has 0 heterocycles. The van der Waals surface area contributed by atoms with Gasteiger partial charge in [0, 0.05) is 11.6 Å². The zero-order chi connectivity index (χ0) is 13.6. The maximum Gasteiger partial charge on any atom is 0.249 e. The van der Waals surface area contributed by atoms with Crippen molar-refractivity contribution in [3.8, 4) is 0 Å². The largest absolute Gasteiger partial charge is 0.367 e. The van der Waals surface area contributed by atoms with Crippen LogP contribution in [0, 0.1) is 0 Å². The van der Waals surface area contributed by atoms with Crippen LogP contribution in [0.3, 0.4) is 0 Å². The second kappa shape index (κ2) is 7.10. The highest BCUT2D eigenvalue weighted by molar-refractivity contribution is 5.80. The fourth-order valence-corrected chi connectivity index (χ4v) is 2.40. The number of nitrogens with two attached hydrogens (primary N) is 1. The van der Waals surface area contributed by atoms with Crippen LogP contribution in [-0.4, -0.2) is 30.2 Å². The summed E-state index contributed by atoms with van der Waals surface area (Å²) < 4.78 is 5.64. The van der Waals surface area contributed by atoms with Gasteiger partial charge in [-0.25, -0.2) is 0 Å². The molecule has 4 nitrogen and oxygen atoms in total. The lowest BCUT2D eigenvalue weighted by Crippen LogP contribution is -2.46. The molecule has 0 bridgehead atoms. The molecule has 1 amide bonds. The molecule has 1 aliphatic carbocycles. The molecule has 0 aliphatic heterocycles. The average Bonchev–Trinajstić information content (AvgIpc) is 2.80. The second-order valence-electron chi connectivity index (χ2n) is 5.54. The van der Waals surface area contributed by atoms with Gasteiger partial charge in [-0.05, 0) is 32.6 Å². The summed E-state index contributed by atoms with van der Waals surface area (Å²) in [4.78, 5) is 11.9. The predicted octanol–water partition coefficient (Wildman–Crippen LogP) is 1.97. The lowest BCUT2D eigenvalue weighted by molar-refractivity contribution is -0.133. The fraction of sp³-hybridized carbons (Fsp3) is 0.929. The van der Waals surface area contributed by atoms with Gasteiger partial charge in [-0.2, -0.15) is 0 Å². The quantitative estimate of drug-likeness (QED) is 0.732. The Kier molecular flexibility index (Phi) is 6.09. The van der Waals surface area contributed by atoms with Crippen molar-refractivity contribution in [3.63, 3.8) is 0 Å². The van der Waals surface area contributed by atoms with Gasteiger partial charge in [0.25, 0.3) is 0 Å². The third kappa shape index (κ3) is 4.58. The molecule has 1 aliphatic rings. The maximum atomic E-state index is 11.9. The number of carbonyl (C=O) groups excluding carboxylic acids is 1. The number of amides is 1. The SMILES string of the molecule is CCC(CC)NC(=O)C(C)OCC1(N)CCCC1. The number of hydrogen-bond donors (Lipinski definition) is 2. The van der Waals surface area contributed by atoms with E-state index in [1.54, 1.807) is 6.92 Å². The van der Waals surface area contributed by atoms with Crippen LogP contribution in [0.25, 0.3) is 0 Å². The van der Waals surface area contributed by atoms with Crippen molar-refractivity contribution in [3.05, 3.63) is 0 Å². The Hall–Kier alpha value is -0.610. The van der Waals surface area contributed by atoms with E-state index in [9.17, 15) is 4.79 Å². The number of ether oxygens (including phenoxy) is 1. The molecule has 0 radical (unpaired) electrons. The highest BCUT2D eigenvalue weighted by Crippen LogP contribution is 2.27. The summed E-state index contributed by atoms with van der Waals surface area (Å²) in [6.45, 7) is 6.45. The van der Waals surface area contributed by atoms with E-state index in [1.807, 2.05) is 0 Å². The van der Waals surface area contributed by atoms with Gasteiger partial charge < -0.3 is 15.8 Å². The minimum absolute atomic E-state index is 0.0229. The molecule has 0 aromatic rings. The molecular formula is C14H28N2O2. The van der Waals surface area contributed by atoms with Crippen LogP contribution in [0.2, 0.25) is 0 Å². The molecular weight excluding hydrogens is 228 g/mol. The maximum absolute atomic E-state index is 11.9. The van der Waals surface area contributed by atoms with E-state index >= 15 is 0 Å². The summed E-state index contributed by atoms with van der Waals surface area (Å²) in [6, 6.07) is 0.252. The van der Waals surface area contributed by atoms with Crippen LogP contribution in [0.5, 0.6) is 0 Å². The van der Waals surface area contributed by atoms with Crippen molar-refractivity contribution < 1.29 is 9.53 Å². The van der Waals surface area contributed by atoms with Gasteiger partial charge in [0.05, 0.1) is 6.61 Å². The molecule has 3 N–H and O–H groups in total. The first-order valence-corrected chi connectivity index (χ1v) is 7.21. The summed E-state index contributed by atoms with van der Waals surface area (Å²) >= 11 is 0. The summed E-state index contributed by atoms with van der Waals surface area (Å²) in [5, 5.41) is 3.00. The molecule has 1 unspecified atom stereocenters. The minimum Gasteiger partial charge on any atom is -0.367 e. The van der Waals surface area contributed by atoms with E-state index in [4.69, 9.17) is 10.5 Å². The molecule has 4 heteroatoms. The van der Waals surface area contributed by atoms with E-state index < -0.39 is 6.10 Å². The van der Waals surface area contributed by atoms with Gasteiger partial charge in [-0.1, -0.05) is 26.7 Å². The van der Waals surface area contributed by atoms with Crippen molar-refractivity contribution in [2.24, 2.45) is 5.73 Å². The van der Waals surface area contributed by atoms with Crippen LogP contribution in [-0.2, 0) is 9.53 Å². The summed E-state index contributed by atoms with van der Waals surface area (Å²) in [6.07, 6.45) is 5.86. The van der Waals surface area contributed by atoms with Gasteiger partial charge >= 0.3 is 0 Å². The van der Waals surface area contributed by atoms with E-state index in [2.05, 4.69) is 19.2 Å². The molecule has 1 saturated carbocycles. The lowest BCUT2D eigenvalue weighted by Gasteiger charge is -2.26. The Morgan fingerprint density at radius 1 is 1.33 bits per heavy atom. The van der Waals surface area contributed by atoms with Crippen LogP contribution in [0.4, 0.5) is 0 Å². The molecule has 18 heavy (non-hydrogen) atoms. The predicted molar refractivity (Wildman–Crippen MR) is 73.3 cm³/mol. The van der Waals surface area contributed by atoms with Crippen molar-refractivity contribution in [2.45, 2.75) is 77.0 Å². The van der Waals surface area contributed by atoms with Gasteiger partial charge in [0.15, 0.2) is 0 Å². The number of hydrogen-bond acceptors (Lipinski definition) is 3. The third-order valence-corrected chi connectivity index (χ3v) is 3.92. The number of nitrogens with one attached hydrogen (secondary N) is 1. The first-order valence-electron chi connectivity index (χ1n) is 7.21. The zero-order valence-electron chi connectivity index (χ0n) is 12.0. The second-order valence-corrected chi connectivity index (χ2v) is 5.54. The number of carbonyl (C=O) groups is 1. The Morgan fingerprint density at radius 2 is 1.89 bits per heavy atom. The smallest absolute Gasteiger partial charge is 0.249 e. The first-order chi connectivity index (χ1) is 8.50. The highest BCUT2D eigenvalue weighted by atomic mass is 16.5. The van der Waals surface area contributed by atoms with Gasteiger partial charge in [-0.3, -0.25) is 4.79 Å². The Labute approximate surface area is 111 Å². The monoisotopic (exact) mass is 256 g/mol. The van der Waals surface area contributed by atoms with Gasteiger partial charge in [0.2, 0.25) is 5.91 Å². The van der Waals surface area contributed by atoms with E-state index in [-0.39, 0.29) is 17.5 Å². The van der Waals surface area contributed by atoms with Crippen LogP contribution < -0.4 is 11.1 Å². The molecule has 1 rings (SSSR count). The van der Waals surface area contributed by atoms with Gasteiger partial charge in [0.1, 0.15) is 6.10 Å². The van der Waals surface area contributed by atoms with Crippen molar-refractivity contribution in [1.29, 1.82) is 0 Å². The molecule has 1 atom stereocenters. The first kappa shape index (κ1) is 15.4. The zero-order valence-corrected chi connectivity index (χ0v) is 12.0. The van der Waals surface area contributed by atoms with Crippen LogP contribution >= 0.6 is 0 Å². The normalized spacial score (nSPS) is 20.1. The molecule has 0 aromatic heterocycles. The van der Waals surface area contributed by atoms with Crippen molar-refractivity contribution in [1.82, 2.24) is 5.32 Å². The topological polar surface area (TPSA) is 64.3 Å². The number of rotatable bonds is 7. The Morgan fingerprint density at radius 3 is 2.39 bits per heavy atom. The average molecular weight is 256 g/mol. The van der Waals surface area contributed by atoms with E-state index in [0.29, 0.717) is 6.61 Å². The molecule has 1 fully saturated rings. The third-order valence-electron chi connectivity index (χ3n) is 3.92. The summed E-state index contributed by atoms with van der Waals surface area (Å²) in [5.41, 5.74) is 6.00. The molecule has 0 saturated heterocycles. The standard InChI is InChI=1S/C14H28N2O2/c1-4-12(5-2)16-13(17)11(3)18-10-14(15)8-6-7-9-14/h11-12H,4-10,15H2,1-3H3,(H,16,17). The van der Waals surface area contributed by atoms with Crippen molar-refractivity contribution in [2.75, 3.05) is 6.61 Å². The minimum atomic E-state index is -0.411. The highest BCUT2D eigenvalue weighted by Gasteiger charge is 2.31. The van der Waals surface area contributed by atoms with Crippen LogP contribution in [0.1, 0.15) is 59.3 Å². The van der Waals surface area contributed by atoms with Crippen molar-refractivity contribution >= 4 is 5.91 Å². The Balaban J connectivity index is 2.31. The molecule has 0 aromatic carbocycles. The van der Waals surface area contributed by atoms with E-state index in [1.165, 1.54) is 12.8 Å².